The Morgan fingerprint density at radius 3 is 2.80 bits per heavy atom. The summed E-state index contributed by atoms with van der Waals surface area (Å²) in [5.41, 5.74) is 0. The highest BCUT2D eigenvalue weighted by Gasteiger charge is 2.49. The fraction of sp³-hybridized carbons (Fsp3) is 0.875. The maximum Gasteiger partial charge on any atom is 0.361 e. The Balaban J connectivity index is 2.04. The van der Waals surface area contributed by atoms with Crippen LogP contribution in [0, 0.1) is 0 Å². The molecule has 0 aromatic carbocycles. The van der Waals surface area contributed by atoms with E-state index in [1.807, 2.05) is 0 Å². The quantitative estimate of drug-likeness (QED) is 0.587. The Kier molecular flexibility index (Phi) is 2.89. The topological polar surface area (TPSA) is 94.5 Å². The van der Waals surface area contributed by atoms with Gasteiger partial charge in [-0.25, -0.2) is 4.79 Å². The summed E-state index contributed by atoms with van der Waals surface area (Å²) in [6.45, 7) is 0.143. The second kappa shape index (κ2) is 4.03. The third-order valence-electron chi connectivity index (χ3n) is 2.42. The lowest BCUT2D eigenvalue weighted by molar-refractivity contribution is -0.241. The zero-order chi connectivity index (χ0) is 11.0. The molecule has 2 fully saturated rings. The molecule has 0 aliphatic carbocycles. The predicted octanol–water partition coefficient (Wildman–Crippen LogP) is -1.46. The maximum atomic E-state index is 10.6. The number of aliphatic hydroxyl groups is 1. The summed E-state index contributed by atoms with van der Waals surface area (Å²) in [5, 5.41) is 18.4. The summed E-state index contributed by atoms with van der Waals surface area (Å²) in [6.07, 6.45) is -4.47. The summed E-state index contributed by atoms with van der Waals surface area (Å²) in [4.78, 5) is 10.6. The second-order valence-electron chi connectivity index (χ2n) is 3.37. The fourth-order valence-corrected chi connectivity index (χ4v) is 1.70. The van der Waals surface area contributed by atoms with E-state index in [1.165, 1.54) is 7.11 Å². The lowest BCUT2D eigenvalue weighted by atomic mass is 10.1. The minimum Gasteiger partial charge on any atom is -0.477 e. The van der Waals surface area contributed by atoms with Crippen LogP contribution >= 0.6 is 0 Å². The normalized spacial score (nSPS) is 45.1. The number of carbonyl (C=O) groups is 1. The molecule has 7 nitrogen and oxygen atoms in total. The van der Waals surface area contributed by atoms with Gasteiger partial charge in [0.2, 0.25) is 0 Å². The molecule has 0 spiro atoms. The van der Waals surface area contributed by atoms with Gasteiger partial charge in [0.25, 0.3) is 6.29 Å². The van der Waals surface area contributed by atoms with Gasteiger partial charge in [-0.2, -0.15) is 0 Å². The lowest BCUT2D eigenvalue weighted by Gasteiger charge is -2.33. The van der Waals surface area contributed by atoms with Crippen molar-refractivity contribution in [3.63, 3.8) is 0 Å². The van der Waals surface area contributed by atoms with Crippen molar-refractivity contribution in [1.82, 2.24) is 0 Å². The van der Waals surface area contributed by atoms with Gasteiger partial charge in [-0.05, 0) is 0 Å². The van der Waals surface area contributed by atoms with Crippen molar-refractivity contribution in [2.75, 3.05) is 13.7 Å². The Bertz CT molecular complexity index is 255. The second-order valence-corrected chi connectivity index (χ2v) is 3.37. The van der Waals surface area contributed by atoms with Crippen molar-refractivity contribution >= 4 is 5.97 Å². The monoisotopic (exact) mass is 220 g/mol. The van der Waals surface area contributed by atoms with Gasteiger partial charge < -0.3 is 29.2 Å². The SMILES string of the molecule is COC1OCC2OC(C(=O)O)OC2C1O. The average Bonchev–Trinajstić information content (AvgIpc) is 2.63. The number of rotatable bonds is 2. The van der Waals surface area contributed by atoms with Crippen LogP contribution < -0.4 is 0 Å². The molecule has 2 saturated heterocycles. The van der Waals surface area contributed by atoms with E-state index >= 15 is 0 Å². The molecule has 2 aliphatic rings. The van der Waals surface area contributed by atoms with Crippen LogP contribution in [0.5, 0.6) is 0 Å². The Morgan fingerprint density at radius 2 is 2.20 bits per heavy atom. The van der Waals surface area contributed by atoms with Crippen LogP contribution in [0.4, 0.5) is 0 Å². The largest absolute Gasteiger partial charge is 0.477 e. The van der Waals surface area contributed by atoms with E-state index in [4.69, 9.17) is 24.1 Å². The van der Waals surface area contributed by atoms with Crippen LogP contribution in [-0.2, 0) is 23.7 Å². The zero-order valence-electron chi connectivity index (χ0n) is 8.03. The van der Waals surface area contributed by atoms with Crippen LogP contribution in [-0.4, -0.2) is 60.8 Å². The van der Waals surface area contributed by atoms with E-state index in [9.17, 15) is 9.90 Å². The van der Waals surface area contributed by atoms with Gasteiger partial charge in [-0.1, -0.05) is 0 Å². The first-order chi connectivity index (χ1) is 7.13. The van der Waals surface area contributed by atoms with E-state index in [0.29, 0.717) is 0 Å². The lowest BCUT2D eigenvalue weighted by Crippen LogP contribution is -2.52. The highest BCUT2D eigenvalue weighted by atomic mass is 16.8. The minimum absolute atomic E-state index is 0.143. The van der Waals surface area contributed by atoms with Gasteiger partial charge in [0.05, 0.1) is 6.61 Å². The highest BCUT2D eigenvalue weighted by Crippen LogP contribution is 2.28. The number of hydrogen-bond acceptors (Lipinski definition) is 6. The third-order valence-corrected chi connectivity index (χ3v) is 2.42. The molecule has 5 atom stereocenters. The number of fused-ring (bicyclic) bond motifs is 1. The molecule has 2 rings (SSSR count). The predicted molar refractivity (Wildman–Crippen MR) is 43.9 cm³/mol. The fourth-order valence-electron chi connectivity index (χ4n) is 1.70. The molecule has 15 heavy (non-hydrogen) atoms. The number of carboxylic acid groups (broad SMARTS) is 1. The van der Waals surface area contributed by atoms with Crippen molar-refractivity contribution in [3.05, 3.63) is 0 Å². The molecule has 2 heterocycles. The van der Waals surface area contributed by atoms with Crippen LogP contribution in [0.1, 0.15) is 0 Å². The van der Waals surface area contributed by atoms with E-state index in [0.717, 1.165) is 0 Å². The van der Waals surface area contributed by atoms with Crippen LogP contribution in [0.25, 0.3) is 0 Å². The van der Waals surface area contributed by atoms with Gasteiger partial charge in [0.15, 0.2) is 6.29 Å². The van der Waals surface area contributed by atoms with Crippen molar-refractivity contribution in [2.45, 2.75) is 30.9 Å². The van der Waals surface area contributed by atoms with Gasteiger partial charge in [0, 0.05) is 7.11 Å². The molecule has 2 N–H and O–H groups in total. The molecule has 86 valence electrons. The summed E-state index contributed by atoms with van der Waals surface area (Å²) < 4.78 is 20.0. The molecular formula is C8H12O7. The molecule has 0 radical (unpaired) electrons. The van der Waals surface area contributed by atoms with E-state index < -0.39 is 36.9 Å². The van der Waals surface area contributed by atoms with Gasteiger partial charge in [0.1, 0.15) is 18.3 Å². The molecule has 0 saturated carbocycles. The standard InChI is InChI=1S/C8H12O7/c1-12-7-4(9)5-3(2-13-7)14-8(15-5)6(10)11/h3-5,7-9H,2H2,1H3,(H,10,11). The zero-order valence-corrected chi connectivity index (χ0v) is 8.03. The third kappa shape index (κ3) is 1.84. The summed E-state index contributed by atoms with van der Waals surface area (Å²) >= 11 is 0. The van der Waals surface area contributed by atoms with Crippen molar-refractivity contribution in [3.8, 4) is 0 Å². The van der Waals surface area contributed by atoms with Crippen LogP contribution in [0.15, 0.2) is 0 Å². The van der Waals surface area contributed by atoms with Gasteiger partial charge >= 0.3 is 5.97 Å². The molecular weight excluding hydrogens is 208 g/mol. The number of carboxylic acids is 1. The number of hydrogen-bond donors (Lipinski definition) is 2. The molecule has 0 amide bonds. The summed E-state index contributed by atoms with van der Waals surface area (Å²) in [7, 11) is 1.39. The highest BCUT2D eigenvalue weighted by molar-refractivity contribution is 5.71. The van der Waals surface area contributed by atoms with Crippen molar-refractivity contribution in [1.29, 1.82) is 0 Å². The van der Waals surface area contributed by atoms with E-state index in [2.05, 4.69) is 0 Å². The molecule has 7 heteroatoms. The Labute approximate surface area is 85.5 Å². The summed E-state index contributed by atoms with van der Waals surface area (Å²) in [6, 6.07) is 0. The maximum absolute atomic E-state index is 10.6. The molecule has 0 aromatic heterocycles. The van der Waals surface area contributed by atoms with E-state index in [-0.39, 0.29) is 6.61 Å². The number of ether oxygens (including phenoxy) is 4. The number of methoxy groups -OCH3 is 1. The number of aliphatic hydroxyl groups excluding tert-OH is 1. The van der Waals surface area contributed by atoms with Crippen molar-refractivity contribution < 1.29 is 34.0 Å². The van der Waals surface area contributed by atoms with Gasteiger partial charge in [-0.3, -0.25) is 0 Å². The van der Waals surface area contributed by atoms with Crippen LogP contribution in [0.2, 0.25) is 0 Å². The first-order valence-electron chi connectivity index (χ1n) is 4.49. The smallest absolute Gasteiger partial charge is 0.361 e. The van der Waals surface area contributed by atoms with Crippen LogP contribution in [0.3, 0.4) is 0 Å². The van der Waals surface area contributed by atoms with Crippen molar-refractivity contribution in [2.24, 2.45) is 0 Å². The Hall–Kier alpha value is -0.730. The number of aliphatic carboxylic acids is 1. The summed E-state index contributed by atoms with van der Waals surface area (Å²) in [5.74, 6) is -1.22. The first kappa shape index (κ1) is 10.8. The first-order valence-corrected chi connectivity index (χ1v) is 4.49. The molecule has 0 bridgehead atoms. The minimum atomic E-state index is -1.34. The molecule has 2 aliphatic heterocycles. The Morgan fingerprint density at radius 1 is 1.47 bits per heavy atom. The average molecular weight is 220 g/mol. The van der Waals surface area contributed by atoms with Gasteiger partial charge in [-0.15, -0.1) is 0 Å². The molecule has 5 unspecified atom stereocenters. The molecule has 0 aromatic rings. The van der Waals surface area contributed by atoms with E-state index in [1.54, 1.807) is 0 Å².